The molecule has 0 bridgehead atoms. The zero-order valence-electron chi connectivity index (χ0n) is 31.7. The average Bonchev–Trinajstić information content (AvgIpc) is 3.05. The highest BCUT2D eigenvalue weighted by Gasteiger charge is 2.19. The number of rotatable bonds is 36. The van der Waals surface area contributed by atoms with Gasteiger partial charge in [0.1, 0.15) is 13.2 Å². The molecule has 6 nitrogen and oxygen atoms in total. The number of carbonyl (C=O) groups excluding carboxylic acids is 3. The van der Waals surface area contributed by atoms with Crippen molar-refractivity contribution in [3.63, 3.8) is 0 Å². The van der Waals surface area contributed by atoms with Gasteiger partial charge in [-0.3, -0.25) is 14.4 Å². The zero-order valence-corrected chi connectivity index (χ0v) is 31.7. The SMILES string of the molecule is CCCCCCCCCC(=O)O[C@H](COC(=O)CCCCCCC)COC(=O)CCCCCCCCCCCCCCCCC(C)C. The van der Waals surface area contributed by atoms with E-state index in [0.29, 0.717) is 19.3 Å². The number of esters is 3. The van der Waals surface area contributed by atoms with Gasteiger partial charge < -0.3 is 14.2 Å². The molecule has 0 aliphatic carbocycles. The summed E-state index contributed by atoms with van der Waals surface area (Å²) < 4.78 is 16.5. The number of hydrogen-bond acceptors (Lipinski definition) is 6. The smallest absolute Gasteiger partial charge is 0.306 e. The normalized spacial score (nSPS) is 11.9. The maximum atomic E-state index is 12.5. The molecule has 0 aliphatic heterocycles. The van der Waals surface area contributed by atoms with Gasteiger partial charge in [-0.15, -0.1) is 0 Å². The van der Waals surface area contributed by atoms with Crippen molar-refractivity contribution in [1.82, 2.24) is 0 Å². The summed E-state index contributed by atoms with van der Waals surface area (Å²) in [6.45, 7) is 8.86. The molecule has 0 heterocycles. The lowest BCUT2D eigenvalue weighted by atomic mass is 10.0. The number of hydrogen-bond donors (Lipinski definition) is 0. The predicted molar refractivity (Wildman–Crippen MR) is 196 cm³/mol. The van der Waals surface area contributed by atoms with Gasteiger partial charge in [-0.05, 0) is 25.2 Å². The van der Waals surface area contributed by atoms with E-state index < -0.39 is 6.10 Å². The van der Waals surface area contributed by atoms with E-state index in [9.17, 15) is 14.4 Å². The standard InChI is InChI=1S/C41H78O6/c1-5-7-9-11-20-26-30-34-41(44)47-38(35-45-39(42)32-28-23-10-8-6-2)36-46-40(43)33-29-25-22-19-17-15-13-12-14-16-18-21-24-27-31-37(3)4/h37-38H,5-36H2,1-4H3/t38-/m1/s1. The van der Waals surface area contributed by atoms with Gasteiger partial charge in [0.15, 0.2) is 6.10 Å². The van der Waals surface area contributed by atoms with Crippen molar-refractivity contribution in [2.75, 3.05) is 13.2 Å². The second kappa shape index (κ2) is 35.7. The van der Waals surface area contributed by atoms with Crippen LogP contribution in [0.5, 0.6) is 0 Å². The second-order valence-electron chi connectivity index (χ2n) is 14.4. The summed E-state index contributed by atoms with van der Waals surface area (Å²) in [7, 11) is 0. The van der Waals surface area contributed by atoms with Crippen molar-refractivity contribution < 1.29 is 28.6 Å². The molecule has 0 fully saturated rings. The zero-order chi connectivity index (χ0) is 34.6. The Hall–Kier alpha value is -1.59. The lowest BCUT2D eigenvalue weighted by Gasteiger charge is -2.18. The molecule has 0 rings (SSSR count). The van der Waals surface area contributed by atoms with Gasteiger partial charge in [0.25, 0.3) is 0 Å². The van der Waals surface area contributed by atoms with Crippen LogP contribution in [0.3, 0.4) is 0 Å². The molecule has 0 aromatic heterocycles. The van der Waals surface area contributed by atoms with E-state index in [4.69, 9.17) is 14.2 Å². The molecule has 0 aliphatic rings. The van der Waals surface area contributed by atoms with Gasteiger partial charge in [-0.1, -0.05) is 182 Å². The van der Waals surface area contributed by atoms with E-state index in [1.807, 2.05) is 0 Å². The third kappa shape index (κ3) is 35.5. The molecule has 1 atom stereocenters. The van der Waals surface area contributed by atoms with Crippen LogP contribution in [0.25, 0.3) is 0 Å². The molecule has 0 spiro atoms. The quantitative estimate of drug-likeness (QED) is 0.0376. The summed E-state index contributed by atoms with van der Waals surface area (Å²) >= 11 is 0. The molecular weight excluding hydrogens is 588 g/mol. The second-order valence-corrected chi connectivity index (χ2v) is 14.4. The highest BCUT2D eigenvalue weighted by Crippen LogP contribution is 2.16. The van der Waals surface area contributed by atoms with E-state index in [2.05, 4.69) is 27.7 Å². The fourth-order valence-electron chi connectivity index (χ4n) is 5.92. The van der Waals surface area contributed by atoms with Crippen LogP contribution in [-0.4, -0.2) is 37.2 Å². The molecule has 278 valence electrons. The molecule has 0 saturated heterocycles. The Bertz CT molecular complexity index is 706. The van der Waals surface area contributed by atoms with Crippen LogP contribution in [0.15, 0.2) is 0 Å². The Balaban J connectivity index is 4.10. The first-order chi connectivity index (χ1) is 22.9. The third-order valence-corrected chi connectivity index (χ3v) is 9.04. The fourth-order valence-corrected chi connectivity index (χ4v) is 5.92. The number of unbranched alkanes of at least 4 members (excludes halogenated alkanes) is 23. The lowest BCUT2D eigenvalue weighted by molar-refractivity contribution is -0.167. The molecule has 0 amide bonds. The van der Waals surface area contributed by atoms with Gasteiger partial charge in [0.05, 0.1) is 0 Å². The Labute approximate surface area is 291 Å². The molecule has 0 aromatic carbocycles. The fraction of sp³-hybridized carbons (Fsp3) is 0.927. The van der Waals surface area contributed by atoms with Crippen LogP contribution in [0.2, 0.25) is 0 Å². The highest BCUT2D eigenvalue weighted by atomic mass is 16.6. The minimum Gasteiger partial charge on any atom is -0.462 e. The Kier molecular flexibility index (Phi) is 34.5. The van der Waals surface area contributed by atoms with Crippen LogP contribution in [0, 0.1) is 5.92 Å². The molecule has 0 unspecified atom stereocenters. The molecule has 0 aromatic rings. The average molecular weight is 667 g/mol. The molecular formula is C41H78O6. The van der Waals surface area contributed by atoms with Crippen molar-refractivity contribution in [2.45, 2.75) is 226 Å². The van der Waals surface area contributed by atoms with Crippen LogP contribution in [0.4, 0.5) is 0 Å². The van der Waals surface area contributed by atoms with Gasteiger partial charge in [-0.2, -0.15) is 0 Å². The maximum Gasteiger partial charge on any atom is 0.306 e. The van der Waals surface area contributed by atoms with Crippen molar-refractivity contribution in [3.05, 3.63) is 0 Å². The lowest BCUT2D eigenvalue weighted by Crippen LogP contribution is -2.30. The van der Waals surface area contributed by atoms with Gasteiger partial charge >= 0.3 is 17.9 Å². The van der Waals surface area contributed by atoms with Crippen molar-refractivity contribution >= 4 is 17.9 Å². The molecule has 0 radical (unpaired) electrons. The van der Waals surface area contributed by atoms with Gasteiger partial charge in [-0.25, -0.2) is 0 Å². The van der Waals surface area contributed by atoms with Crippen LogP contribution < -0.4 is 0 Å². The minimum atomic E-state index is -0.755. The van der Waals surface area contributed by atoms with Crippen LogP contribution >= 0.6 is 0 Å². The van der Waals surface area contributed by atoms with E-state index in [0.717, 1.165) is 70.1 Å². The number of carbonyl (C=O) groups is 3. The summed E-state index contributed by atoms with van der Waals surface area (Å²) in [5.41, 5.74) is 0. The largest absolute Gasteiger partial charge is 0.462 e. The molecule has 0 N–H and O–H groups in total. The first-order valence-corrected chi connectivity index (χ1v) is 20.4. The van der Waals surface area contributed by atoms with Gasteiger partial charge in [0, 0.05) is 19.3 Å². The first kappa shape index (κ1) is 45.4. The summed E-state index contributed by atoms with van der Waals surface area (Å²) in [5, 5.41) is 0. The van der Waals surface area contributed by atoms with E-state index in [-0.39, 0.29) is 31.1 Å². The topological polar surface area (TPSA) is 78.9 Å². The maximum absolute atomic E-state index is 12.5. The number of ether oxygens (including phenoxy) is 3. The van der Waals surface area contributed by atoms with Crippen molar-refractivity contribution in [2.24, 2.45) is 5.92 Å². The highest BCUT2D eigenvalue weighted by molar-refractivity contribution is 5.71. The summed E-state index contributed by atoms with van der Waals surface area (Å²) in [4.78, 5) is 37.1. The Morgan fingerprint density at radius 2 is 0.702 bits per heavy atom. The third-order valence-electron chi connectivity index (χ3n) is 9.04. The van der Waals surface area contributed by atoms with Crippen molar-refractivity contribution in [1.29, 1.82) is 0 Å². The molecule has 0 saturated carbocycles. The summed E-state index contributed by atoms with van der Waals surface area (Å²) in [5.74, 6) is -0.0371. The summed E-state index contributed by atoms with van der Waals surface area (Å²) in [6.07, 6.45) is 32.7. The van der Waals surface area contributed by atoms with Crippen LogP contribution in [0.1, 0.15) is 220 Å². The van der Waals surface area contributed by atoms with E-state index in [1.54, 1.807) is 0 Å². The molecule has 47 heavy (non-hydrogen) atoms. The van der Waals surface area contributed by atoms with Crippen LogP contribution in [-0.2, 0) is 28.6 Å². The minimum absolute atomic E-state index is 0.0660. The van der Waals surface area contributed by atoms with Crippen molar-refractivity contribution in [3.8, 4) is 0 Å². The Morgan fingerprint density at radius 1 is 0.404 bits per heavy atom. The van der Waals surface area contributed by atoms with E-state index in [1.165, 1.54) is 109 Å². The monoisotopic (exact) mass is 667 g/mol. The predicted octanol–water partition coefficient (Wildman–Crippen LogP) is 12.4. The first-order valence-electron chi connectivity index (χ1n) is 20.4. The molecule has 6 heteroatoms. The summed E-state index contributed by atoms with van der Waals surface area (Å²) in [6, 6.07) is 0. The van der Waals surface area contributed by atoms with Gasteiger partial charge in [0.2, 0.25) is 0 Å². The Morgan fingerprint density at radius 3 is 1.04 bits per heavy atom. The van der Waals surface area contributed by atoms with E-state index >= 15 is 0 Å².